The molecule has 8 nitrogen and oxygen atoms in total. The predicted octanol–water partition coefficient (Wildman–Crippen LogP) is 2.18. The first-order chi connectivity index (χ1) is 14.9. The molecule has 0 saturated carbocycles. The molecular weight excluding hydrogens is 521 g/mol. The molecule has 1 unspecified atom stereocenters. The number of carbonyl (C=O) groups is 1. The minimum atomic E-state index is -0.0654. The number of likely N-dealkylation sites (N-methyl/N-ethyl adjacent to an activating group) is 1. The summed E-state index contributed by atoms with van der Waals surface area (Å²) in [6.45, 7) is 9.59. The second kappa shape index (κ2) is 15.3. The SMILES string of the molecule is CN=C(NCc1cccc(OCC(=O)N(C)C)c1)NCC(CC(C)C)N1CCOCC1.I. The average molecular weight is 562 g/mol. The number of hydrogen-bond donors (Lipinski definition) is 2. The van der Waals surface area contributed by atoms with Crippen LogP contribution in [0, 0.1) is 5.92 Å². The van der Waals surface area contributed by atoms with E-state index in [2.05, 4.69) is 34.4 Å². The van der Waals surface area contributed by atoms with Gasteiger partial charge in [0.15, 0.2) is 12.6 Å². The highest BCUT2D eigenvalue weighted by atomic mass is 127. The lowest BCUT2D eigenvalue weighted by molar-refractivity contribution is -0.130. The number of nitrogens with zero attached hydrogens (tertiary/aromatic N) is 3. The topological polar surface area (TPSA) is 78.4 Å². The van der Waals surface area contributed by atoms with E-state index in [1.54, 1.807) is 21.1 Å². The third kappa shape index (κ3) is 10.4. The fourth-order valence-corrected chi connectivity index (χ4v) is 3.49. The summed E-state index contributed by atoms with van der Waals surface area (Å²) >= 11 is 0. The Kier molecular flexibility index (Phi) is 13.6. The minimum Gasteiger partial charge on any atom is -0.484 e. The lowest BCUT2D eigenvalue weighted by atomic mass is 10.0. The van der Waals surface area contributed by atoms with Crippen LogP contribution in [0.5, 0.6) is 5.75 Å². The summed E-state index contributed by atoms with van der Waals surface area (Å²) in [5, 5.41) is 6.86. The number of aliphatic imine (C=N–C) groups is 1. The van der Waals surface area contributed by atoms with E-state index in [4.69, 9.17) is 9.47 Å². The molecule has 1 amide bonds. The number of hydrogen-bond acceptors (Lipinski definition) is 5. The van der Waals surface area contributed by atoms with Crippen LogP contribution in [-0.2, 0) is 16.1 Å². The van der Waals surface area contributed by atoms with Crippen molar-refractivity contribution >= 4 is 35.8 Å². The summed E-state index contributed by atoms with van der Waals surface area (Å²) in [6, 6.07) is 8.21. The second-order valence-corrected chi connectivity index (χ2v) is 8.46. The second-order valence-electron chi connectivity index (χ2n) is 8.46. The van der Waals surface area contributed by atoms with Crippen molar-refractivity contribution in [2.45, 2.75) is 32.9 Å². The van der Waals surface area contributed by atoms with Crippen molar-refractivity contribution in [3.63, 3.8) is 0 Å². The lowest BCUT2D eigenvalue weighted by Gasteiger charge is -2.35. The zero-order valence-electron chi connectivity index (χ0n) is 20.1. The van der Waals surface area contributed by atoms with E-state index in [1.807, 2.05) is 24.3 Å². The van der Waals surface area contributed by atoms with E-state index < -0.39 is 0 Å². The molecule has 0 spiro atoms. The van der Waals surface area contributed by atoms with Gasteiger partial charge in [0.05, 0.1) is 13.2 Å². The van der Waals surface area contributed by atoms with Crippen LogP contribution in [-0.4, -0.2) is 88.3 Å². The van der Waals surface area contributed by atoms with Crippen LogP contribution < -0.4 is 15.4 Å². The van der Waals surface area contributed by atoms with Gasteiger partial charge in [0, 0.05) is 53.4 Å². The molecule has 0 radical (unpaired) electrons. The van der Waals surface area contributed by atoms with Crippen molar-refractivity contribution in [1.29, 1.82) is 0 Å². The Morgan fingerprint density at radius 2 is 1.97 bits per heavy atom. The highest BCUT2D eigenvalue weighted by molar-refractivity contribution is 14.0. The van der Waals surface area contributed by atoms with Gasteiger partial charge in [-0.2, -0.15) is 0 Å². The first kappa shape index (κ1) is 28.4. The molecule has 2 rings (SSSR count). The number of ether oxygens (including phenoxy) is 2. The molecule has 1 aromatic rings. The van der Waals surface area contributed by atoms with Gasteiger partial charge in [0.25, 0.3) is 5.91 Å². The fourth-order valence-electron chi connectivity index (χ4n) is 3.49. The summed E-state index contributed by atoms with van der Waals surface area (Å²) < 4.78 is 11.1. The minimum absolute atomic E-state index is 0. The number of amides is 1. The smallest absolute Gasteiger partial charge is 0.259 e. The Bertz CT molecular complexity index is 709. The summed E-state index contributed by atoms with van der Waals surface area (Å²) in [4.78, 5) is 20.1. The van der Waals surface area contributed by atoms with Gasteiger partial charge in [-0.15, -0.1) is 24.0 Å². The van der Waals surface area contributed by atoms with Crippen LogP contribution in [0.25, 0.3) is 0 Å². The largest absolute Gasteiger partial charge is 0.484 e. The summed E-state index contributed by atoms with van der Waals surface area (Å²) in [6.07, 6.45) is 1.13. The zero-order chi connectivity index (χ0) is 22.6. The van der Waals surface area contributed by atoms with E-state index in [1.165, 1.54) is 4.90 Å². The number of halogens is 1. The molecule has 1 aliphatic heterocycles. The lowest BCUT2D eigenvalue weighted by Crippen LogP contribution is -2.50. The van der Waals surface area contributed by atoms with Crippen LogP contribution in [0.15, 0.2) is 29.3 Å². The van der Waals surface area contributed by atoms with Crippen molar-refractivity contribution in [1.82, 2.24) is 20.4 Å². The Hall–Kier alpha value is -1.59. The van der Waals surface area contributed by atoms with Crippen LogP contribution in [0.3, 0.4) is 0 Å². The number of guanidine groups is 1. The fraction of sp³-hybridized carbons (Fsp3) is 0.652. The standard InChI is InChI=1S/C23H39N5O3.HI/c1-18(2)13-20(28-9-11-30-12-10-28)16-26-23(24-3)25-15-19-7-6-8-21(14-19)31-17-22(29)27(4)5;/h6-8,14,18,20H,9-13,15-17H2,1-5H3,(H2,24,25,26);1H. The van der Waals surface area contributed by atoms with Crippen molar-refractivity contribution in [3.05, 3.63) is 29.8 Å². The first-order valence-electron chi connectivity index (χ1n) is 11.1. The molecule has 2 N–H and O–H groups in total. The molecule has 0 aliphatic carbocycles. The molecule has 1 aromatic carbocycles. The monoisotopic (exact) mass is 561 g/mol. The molecule has 9 heteroatoms. The van der Waals surface area contributed by atoms with E-state index in [0.29, 0.717) is 24.3 Å². The average Bonchev–Trinajstić information content (AvgIpc) is 2.77. The van der Waals surface area contributed by atoms with Gasteiger partial charge < -0.3 is 25.0 Å². The number of carbonyl (C=O) groups excluding carboxylic acids is 1. The van der Waals surface area contributed by atoms with Crippen LogP contribution in [0.1, 0.15) is 25.8 Å². The number of nitrogens with one attached hydrogen (secondary N) is 2. The molecule has 32 heavy (non-hydrogen) atoms. The van der Waals surface area contributed by atoms with Gasteiger partial charge in [0.2, 0.25) is 0 Å². The maximum atomic E-state index is 11.7. The predicted molar refractivity (Wildman–Crippen MR) is 140 cm³/mol. The molecule has 1 fully saturated rings. The van der Waals surface area contributed by atoms with Crippen molar-refractivity contribution in [3.8, 4) is 5.75 Å². The number of morpholine rings is 1. The maximum Gasteiger partial charge on any atom is 0.259 e. The summed E-state index contributed by atoms with van der Waals surface area (Å²) in [7, 11) is 5.22. The molecule has 182 valence electrons. The Labute approximate surface area is 210 Å². The van der Waals surface area contributed by atoms with Gasteiger partial charge >= 0.3 is 0 Å². The van der Waals surface area contributed by atoms with Crippen molar-refractivity contribution in [2.75, 3.05) is 60.6 Å². The quantitative estimate of drug-likeness (QED) is 0.259. The van der Waals surface area contributed by atoms with Gasteiger partial charge in [-0.1, -0.05) is 26.0 Å². The van der Waals surface area contributed by atoms with Crippen LogP contribution >= 0.6 is 24.0 Å². The molecule has 0 bridgehead atoms. The highest BCUT2D eigenvalue weighted by Crippen LogP contribution is 2.14. The van der Waals surface area contributed by atoms with Crippen molar-refractivity contribution < 1.29 is 14.3 Å². The summed E-state index contributed by atoms with van der Waals surface area (Å²) in [5.74, 6) is 2.02. The third-order valence-electron chi connectivity index (χ3n) is 5.25. The normalized spacial score (nSPS) is 15.6. The van der Waals surface area contributed by atoms with E-state index in [0.717, 1.165) is 50.8 Å². The van der Waals surface area contributed by atoms with E-state index in [9.17, 15) is 4.79 Å². The Balaban J connectivity index is 0.00000512. The third-order valence-corrected chi connectivity index (χ3v) is 5.25. The molecule has 1 saturated heterocycles. The van der Waals surface area contributed by atoms with Crippen LogP contribution in [0.2, 0.25) is 0 Å². The Morgan fingerprint density at radius 1 is 1.25 bits per heavy atom. The first-order valence-corrected chi connectivity index (χ1v) is 11.1. The zero-order valence-corrected chi connectivity index (χ0v) is 22.4. The maximum absolute atomic E-state index is 11.7. The molecule has 0 aromatic heterocycles. The number of rotatable bonds is 10. The van der Waals surface area contributed by atoms with Crippen LogP contribution in [0.4, 0.5) is 0 Å². The summed E-state index contributed by atoms with van der Waals surface area (Å²) in [5.41, 5.74) is 1.06. The van der Waals surface area contributed by atoms with Crippen molar-refractivity contribution in [2.24, 2.45) is 10.9 Å². The molecule has 1 aliphatic rings. The molecular formula is C23H40IN5O3. The van der Waals surface area contributed by atoms with E-state index in [-0.39, 0.29) is 36.5 Å². The van der Waals surface area contributed by atoms with Gasteiger partial charge in [-0.05, 0) is 30.0 Å². The Morgan fingerprint density at radius 3 is 2.59 bits per heavy atom. The van der Waals surface area contributed by atoms with E-state index >= 15 is 0 Å². The van der Waals surface area contributed by atoms with Gasteiger partial charge in [0.1, 0.15) is 5.75 Å². The van der Waals surface area contributed by atoms with Gasteiger partial charge in [-0.25, -0.2) is 0 Å². The molecule has 1 atom stereocenters. The highest BCUT2D eigenvalue weighted by Gasteiger charge is 2.22. The van der Waals surface area contributed by atoms with Gasteiger partial charge in [-0.3, -0.25) is 14.7 Å². The molecule has 1 heterocycles. The number of benzene rings is 1.